The fraction of sp³-hybridized carbons (Fsp3) is 0.893. The summed E-state index contributed by atoms with van der Waals surface area (Å²) in [6.45, 7) is 1.98. The summed E-state index contributed by atoms with van der Waals surface area (Å²) in [6, 6.07) is 0. The molecule has 0 heterocycles. The molecule has 66 heavy (non-hydrogen) atoms. The number of carbonyl (C=O) groups is 3. The van der Waals surface area contributed by atoms with Crippen LogP contribution in [0.2, 0.25) is 0 Å². The molecule has 396 valence electrons. The summed E-state index contributed by atoms with van der Waals surface area (Å²) in [5.41, 5.74) is 0. The number of amides is 1. The van der Waals surface area contributed by atoms with Crippen molar-refractivity contribution in [3.8, 4) is 0 Å². The number of sulfone groups is 1. The predicted octanol–water partition coefficient (Wildman–Crippen LogP) is 9.33. The van der Waals surface area contributed by atoms with Crippen LogP contribution in [0, 0.1) is 0 Å². The highest BCUT2D eigenvalue weighted by atomic mass is 32.2. The molecule has 2 N–H and O–H groups in total. The van der Waals surface area contributed by atoms with Gasteiger partial charge in [-0.05, 0) is 12.8 Å². The molecule has 0 aliphatic rings. The second-order valence-electron chi connectivity index (χ2n) is 12.9. The van der Waals surface area contributed by atoms with E-state index in [1.54, 1.807) is 0 Å². The van der Waals surface area contributed by atoms with Gasteiger partial charge < -0.3 is 9.84 Å². The lowest BCUT2D eigenvalue weighted by Crippen LogP contribution is -2.70. The summed E-state index contributed by atoms with van der Waals surface area (Å²) in [5, 5.41) is 7.96. The molecule has 0 rings (SSSR count). The maximum absolute atomic E-state index is 13.6. The maximum Gasteiger partial charge on any atom is 0.460 e. The Kier molecular flexibility index (Phi) is 22.1. The number of ether oxygens (including phenoxy) is 1. The molecule has 0 aliphatic carbocycles. The van der Waals surface area contributed by atoms with Crippen LogP contribution in [-0.4, -0.2) is 136 Å². The Labute approximate surface area is 352 Å². The Morgan fingerprint density at radius 1 is 0.485 bits per heavy atom. The van der Waals surface area contributed by atoms with Gasteiger partial charge in [0.25, 0.3) is 0 Å². The summed E-state index contributed by atoms with van der Waals surface area (Å²) in [6.07, 6.45) is -22.7. The number of aliphatic carboxylic acids is 1. The van der Waals surface area contributed by atoms with Gasteiger partial charge in [-0.2, -0.15) is 114 Å². The van der Waals surface area contributed by atoms with Gasteiger partial charge in [-0.1, -0.05) is 13.3 Å². The molecular weight excluding hydrogens is 1050 g/mol. The summed E-state index contributed by atoms with van der Waals surface area (Å²) < 4.78 is 380. The molecule has 0 saturated heterocycles. The summed E-state index contributed by atoms with van der Waals surface area (Å²) in [7, 11) is -6.46. The van der Waals surface area contributed by atoms with Gasteiger partial charge in [0.05, 0.1) is 19.3 Å². The van der Waals surface area contributed by atoms with Gasteiger partial charge >= 0.3 is 83.5 Å². The first-order valence-electron chi connectivity index (χ1n) is 16.4. The lowest BCUT2D eigenvalue weighted by Gasteiger charge is -2.39. The third-order valence-corrected chi connectivity index (χ3v) is 9.87. The Bertz CT molecular complexity index is 1850. The lowest BCUT2D eigenvalue weighted by atomic mass is 9.92. The van der Waals surface area contributed by atoms with Crippen molar-refractivity contribution >= 4 is 37.7 Å². The summed E-state index contributed by atoms with van der Waals surface area (Å²) in [4.78, 5) is 32.1. The predicted molar refractivity (Wildman–Crippen MR) is 165 cm³/mol. The van der Waals surface area contributed by atoms with Crippen LogP contribution in [0.3, 0.4) is 0 Å². The number of sulfonamides is 1. The molecule has 38 heteroatoms. The van der Waals surface area contributed by atoms with E-state index in [1.807, 2.05) is 6.92 Å². The smallest absolute Gasteiger partial charge is 0.460 e. The van der Waals surface area contributed by atoms with E-state index >= 15 is 0 Å². The van der Waals surface area contributed by atoms with Gasteiger partial charge in [-0.3, -0.25) is 19.1 Å². The van der Waals surface area contributed by atoms with Crippen molar-refractivity contribution in [1.29, 1.82) is 0 Å². The molecule has 0 spiro atoms. The molecule has 0 fully saturated rings. The molecule has 0 unspecified atom stereocenters. The average Bonchev–Trinajstić information content (AvgIpc) is 3.10. The number of carboxylic acid groups (broad SMARTS) is 1. The van der Waals surface area contributed by atoms with E-state index in [0.717, 1.165) is 24.7 Å². The van der Waals surface area contributed by atoms with Crippen molar-refractivity contribution in [3.63, 3.8) is 0 Å². The van der Waals surface area contributed by atoms with E-state index in [1.165, 1.54) is 6.26 Å². The molecular formula is C28H31F26NO9S2. The first-order valence-corrected chi connectivity index (χ1v) is 20.2. The van der Waals surface area contributed by atoms with Gasteiger partial charge in [0, 0.05) is 37.7 Å². The Morgan fingerprint density at radius 3 is 1.06 bits per heavy atom. The first kappa shape index (κ1) is 66.8. The van der Waals surface area contributed by atoms with Crippen LogP contribution in [0.15, 0.2) is 0 Å². The number of methoxy groups -OCH3 is 1. The normalized spacial score (nSPS) is 14.6. The Balaban J connectivity index is -0.00000107. The standard InChI is InChI=1S/C14H14F13NO5S.C9H5F13O2.C5H12O2S/c1-33-8(30)3-2-6-34(31,32)28-7(29)4-5-9(15,16)10(17,18)11(19,20)12(21,22)13(23,24)14(25,26)27;10-4(11,2-1-3(23)24)5(12,13)6(14,15)7(16,17)8(18,19)9(20,21)22;1-3-4-5-8(2,6)7/h2-6H2,1H3,(H,28,29);1-2H2,(H,23,24);3-5H2,1-2H3. The third kappa shape index (κ3) is 15.5. The molecule has 0 aliphatic heterocycles. The van der Waals surface area contributed by atoms with E-state index < -0.39 is 154 Å². The minimum absolute atomic E-state index is 0.337. The van der Waals surface area contributed by atoms with Crippen LogP contribution in [0.5, 0.6) is 0 Å². The number of esters is 1. The number of hydrogen-bond acceptors (Lipinski definition) is 8. The zero-order valence-electron chi connectivity index (χ0n) is 32.4. The molecule has 10 nitrogen and oxygen atoms in total. The molecule has 0 aromatic heterocycles. The van der Waals surface area contributed by atoms with E-state index in [9.17, 15) is 145 Å². The number of hydrogen-bond donors (Lipinski definition) is 2. The van der Waals surface area contributed by atoms with Gasteiger partial charge in [0.15, 0.2) is 0 Å². The van der Waals surface area contributed by atoms with Gasteiger partial charge in [0.2, 0.25) is 15.9 Å². The number of carbonyl (C=O) groups excluding carboxylic acids is 2. The topological polar surface area (TPSA) is 161 Å². The molecule has 0 bridgehead atoms. The van der Waals surface area contributed by atoms with Crippen molar-refractivity contribution in [3.05, 3.63) is 0 Å². The number of carboxylic acids is 1. The van der Waals surface area contributed by atoms with Crippen LogP contribution < -0.4 is 4.72 Å². The highest BCUT2D eigenvalue weighted by Crippen LogP contribution is 2.62. The van der Waals surface area contributed by atoms with Crippen LogP contribution in [-0.2, 0) is 39.0 Å². The SMILES string of the molecule is CCCCS(C)(=O)=O.COC(=O)CCCS(=O)(=O)NC(=O)CCC(F)(F)C(F)(F)C(F)(F)C(F)(F)C(F)(F)C(F)(F)F.O=C(O)CCC(F)(F)C(F)(F)C(F)(F)C(F)(F)C(F)(F)C(F)(F)F. The highest BCUT2D eigenvalue weighted by Gasteiger charge is 2.92. The zero-order chi connectivity index (χ0) is 54.2. The van der Waals surface area contributed by atoms with Crippen LogP contribution >= 0.6 is 0 Å². The lowest BCUT2D eigenvalue weighted by molar-refractivity contribution is -0.440. The molecule has 0 aromatic rings. The van der Waals surface area contributed by atoms with Crippen LogP contribution in [0.1, 0.15) is 58.3 Å². The fourth-order valence-corrected chi connectivity index (χ4v) is 5.53. The summed E-state index contributed by atoms with van der Waals surface area (Å²) >= 11 is 0. The van der Waals surface area contributed by atoms with E-state index in [0.29, 0.717) is 5.75 Å². The van der Waals surface area contributed by atoms with Gasteiger partial charge in [-0.25, -0.2) is 16.8 Å². The van der Waals surface area contributed by atoms with Crippen LogP contribution in [0.4, 0.5) is 114 Å². The first-order chi connectivity index (χ1) is 28.5. The van der Waals surface area contributed by atoms with Crippen molar-refractivity contribution < 1.29 is 155 Å². The molecule has 0 atom stereocenters. The second kappa shape index (κ2) is 21.8. The quantitative estimate of drug-likeness (QED) is 0.0796. The largest absolute Gasteiger partial charge is 0.481 e. The minimum Gasteiger partial charge on any atom is -0.481 e. The number of rotatable bonds is 22. The van der Waals surface area contributed by atoms with Crippen LogP contribution in [0.25, 0.3) is 0 Å². The van der Waals surface area contributed by atoms with E-state index in [2.05, 4.69) is 4.74 Å². The number of unbranched alkanes of at least 4 members (excludes halogenated alkanes) is 1. The number of halogens is 26. The third-order valence-electron chi connectivity index (χ3n) is 7.48. The number of nitrogens with one attached hydrogen (secondary N) is 1. The van der Waals surface area contributed by atoms with Crippen molar-refractivity contribution in [2.24, 2.45) is 0 Å². The van der Waals surface area contributed by atoms with E-state index in [4.69, 9.17) is 5.11 Å². The molecule has 0 aromatic carbocycles. The number of alkyl halides is 26. The summed E-state index contributed by atoms with van der Waals surface area (Å²) in [5.74, 6) is -81.4. The van der Waals surface area contributed by atoms with Crippen molar-refractivity contribution in [2.45, 2.75) is 130 Å². The Hall–Kier alpha value is -3.51. The second-order valence-corrected chi connectivity index (χ2v) is 17.0. The van der Waals surface area contributed by atoms with E-state index in [-0.39, 0.29) is 0 Å². The fourth-order valence-electron chi connectivity index (χ4n) is 3.64. The van der Waals surface area contributed by atoms with Gasteiger partial charge in [0.1, 0.15) is 9.84 Å². The minimum atomic E-state index is -8.07. The highest BCUT2D eigenvalue weighted by molar-refractivity contribution is 7.90. The monoisotopic (exact) mass is 1080 g/mol. The maximum atomic E-state index is 13.6. The zero-order valence-corrected chi connectivity index (χ0v) is 34.1. The van der Waals surface area contributed by atoms with Gasteiger partial charge in [-0.15, -0.1) is 0 Å². The molecule has 1 amide bonds. The van der Waals surface area contributed by atoms with Crippen molar-refractivity contribution in [2.75, 3.05) is 24.9 Å². The molecule has 0 radical (unpaired) electrons. The molecule has 0 saturated carbocycles. The Morgan fingerprint density at radius 2 is 0.803 bits per heavy atom. The average molecular weight is 1080 g/mol. The van der Waals surface area contributed by atoms with Crippen molar-refractivity contribution in [1.82, 2.24) is 4.72 Å².